The van der Waals surface area contributed by atoms with Gasteiger partial charge in [-0.3, -0.25) is 4.90 Å². The summed E-state index contributed by atoms with van der Waals surface area (Å²) in [5.41, 5.74) is 1.39. The molecule has 0 aromatic carbocycles. The Kier molecular flexibility index (Phi) is 5.71. The van der Waals surface area contributed by atoms with Gasteiger partial charge in [0.15, 0.2) is 0 Å². The summed E-state index contributed by atoms with van der Waals surface area (Å²) in [4.78, 5) is 5.68. The quantitative estimate of drug-likeness (QED) is 0.628. The first-order valence-electron chi connectivity index (χ1n) is 7.13. The van der Waals surface area contributed by atoms with Crippen LogP contribution in [0.4, 0.5) is 0 Å². The molecule has 0 bridgehead atoms. The molecule has 1 fully saturated rings. The molecular formula is C14H26N4. The van der Waals surface area contributed by atoms with E-state index < -0.39 is 0 Å². The molecule has 1 aromatic rings. The van der Waals surface area contributed by atoms with Crippen LogP contribution in [0.1, 0.15) is 18.9 Å². The van der Waals surface area contributed by atoms with Crippen LogP contribution in [-0.2, 0) is 6.42 Å². The van der Waals surface area contributed by atoms with Crippen molar-refractivity contribution in [1.29, 1.82) is 0 Å². The Balaban J connectivity index is 1.52. The lowest BCUT2D eigenvalue weighted by Gasteiger charge is -2.32. The molecule has 3 N–H and O–H groups in total. The van der Waals surface area contributed by atoms with Crippen LogP contribution >= 0.6 is 0 Å². The van der Waals surface area contributed by atoms with E-state index in [-0.39, 0.29) is 0 Å². The number of aromatic nitrogens is 1. The summed E-state index contributed by atoms with van der Waals surface area (Å²) in [6.07, 6.45) is 6.42. The lowest BCUT2D eigenvalue weighted by atomic mass is 10.1. The smallest absolute Gasteiger partial charge is 0.0110 e. The Morgan fingerprint density at radius 2 is 2.17 bits per heavy atom. The van der Waals surface area contributed by atoms with E-state index in [1.165, 1.54) is 25.1 Å². The van der Waals surface area contributed by atoms with E-state index in [1.807, 2.05) is 6.20 Å². The first-order chi connectivity index (χ1) is 8.86. The number of hydrogen-bond acceptors (Lipinski definition) is 3. The summed E-state index contributed by atoms with van der Waals surface area (Å²) in [7, 11) is 0. The van der Waals surface area contributed by atoms with Crippen LogP contribution in [-0.4, -0.2) is 55.2 Å². The number of piperazine rings is 1. The molecule has 2 heterocycles. The van der Waals surface area contributed by atoms with Gasteiger partial charge in [-0.15, -0.1) is 0 Å². The molecule has 1 aliphatic heterocycles. The normalized spacial score (nSPS) is 18.9. The first kappa shape index (κ1) is 13.6. The van der Waals surface area contributed by atoms with Crippen molar-refractivity contribution in [2.45, 2.75) is 25.8 Å². The molecule has 4 heteroatoms. The molecule has 1 aromatic heterocycles. The highest BCUT2D eigenvalue weighted by molar-refractivity contribution is 5.08. The Morgan fingerprint density at radius 1 is 1.33 bits per heavy atom. The second-order valence-corrected chi connectivity index (χ2v) is 5.14. The van der Waals surface area contributed by atoms with Gasteiger partial charge in [0, 0.05) is 44.6 Å². The number of nitrogens with zero attached hydrogens (tertiary/aromatic N) is 1. The molecule has 1 atom stereocenters. The van der Waals surface area contributed by atoms with Crippen LogP contribution in [0.25, 0.3) is 0 Å². The fourth-order valence-corrected chi connectivity index (χ4v) is 2.49. The standard InChI is InChI=1S/C14H26N4/c1-13(18-10-8-16-9-11-18)2-5-15-6-3-14-4-7-17-12-14/h4,7,12-13,15-17H,2-3,5-6,8-11H2,1H3. The van der Waals surface area contributed by atoms with E-state index >= 15 is 0 Å². The van der Waals surface area contributed by atoms with Gasteiger partial charge in [-0.25, -0.2) is 0 Å². The van der Waals surface area contributed by atoms with Crippen LogP contribution in [0, 0.1) is 0 Å². The molecular weight excluding hydrogens is 224 g/mol. The van der Waals surface area contributed by atoms with Crippen LogP contribution < -0.4 is 10.6 Å². The van der Waals surface area contributed by atoms with Gasteiger partial charge in [-0.2, -0.15) is 0 Å². The number of hydrogen-bond donors (Lipinski definition) is 3. The minimum atomic E-state index is 0.701. The Hall–Kier alpha value is -0.840. The second-order valence-electron chi connectivity index (χ2n) is 5.14. The number of rotatable bonds is 7. The Bertz CT molecular complexity index is 304. The average molecular weight is 250 g/mol. The zero-order chi connectivity index (χ0) is 12.6. The van der Waals surface area contributed by atoms with Crippen molar-refractivity contribution in [3.63, 3.8) is 0 Å². The van der Waals surface area contributed by atoms with E-state index in [2.05, 4.69) is 39.7 Å². The predicted molar refractivity (Wildman–Crippen MR) is 75.9 cm³/mol. The molecule has 0 aliphatic carbocycles. The molecule has 0 spiro atoms. The minimum Gasteiger partial charge on any atom is -0.367 e. The maximum absolute atomic E-state index is 3.54. The van der Waals surface area contributed by atoms with Gasteiger partial charge < -0.3 is 15.6 Å². The molecule has 0 amide bonds. The topological polar surface area (TPSA) is 43.1 Å². The van der Waals surface area contributed by atoms with Crippen molar-refractivity contribution in [2.24, 2.45) is 0 Å². The van der Waals surface area contributed by atoms with Crippen molar-refractivity contribution >= 4 is 0 Å². The molecule has 0 radical (unpaired) electrons. The highest BCUT2D eigenvalue weighted by atomic mass is 15.2. The first-order valence-corrected chi connectivity index (χ1v) is 7.13. The lowest BCUT2D eigenvalue weighted by Crippen LogP contribution is -2.48. The number of H-pyrrole nitrogens is 1. The molecule has 0 saturated carbocycles. The van der Waals surface area contributed by atoms with Crippen LogP contribution in [0.2, 0.25) is 0 Å². The fourth-order valence-electron chi connectivity index (χ4n) is 2.49. The third-order valence-corrected chi connectivity index (χ3v) is 3.77. The van der Waals surface area contributed by atoms with E-state index in [9.17, 15) is 0 Å². The van der Waals surface area contributed by atoms with E-state index in [0.717, 1.165) is 32.6 Å². The molecule has 102 valence electrons. The van der Waals surface area contributed by atoms with E-state index in [0.29, 0.717) is 6.04 Å². The summed E-state index contributed by atoms with van der Waals surface area (Å²) in [5.74, 6) is 0. The molecule has 1 unspecified atom stereocenters. The van der Waals surface area contributed by atoms with Crippen LogP contribution in [0.5, 0.6) is 0 Å². The Morgan fingerprint density at radius 3 is 2.89 bits per heavy atom. The van der Waals surface area contributed by atoms with Gasteiger partial charge >= 0.3 is 0 Å². The lowest BCUT2D eigenvalue weighted by molar-refractivity contribution is 0.176. The molecule has 1 aliphatic rings. The molecule has 1 saturated heterocycles. The largest absolute Gasteiger partial charge is 0.367 e. The maximum atomic E-state index is 3.54. The zero-order valence-electron chi connectivity index (χ0n) is 11.4. The third kappa shape index (κ3) is 4.44. The molecule has 18 heavy (non-hydrogen) atoms. The summed E-state index contributed by atoms with van der Waals surface area (Å²) in [5, 5.41) is 6.94. The van der Waals surface area contributed by atoms with Crippen molar-refractivity contribution in [3.8, 4) is 0 Å². The molecule has 2 rings (SSSR count). The second kappa shape index (κ2) is 7.56. The van der Waals surface area contributed by atoms with Gasteiger partial charge in [0.05, 0.1) is 0 Å². The van der Waals surface area contributed by atoms with Crippen LogP contribution in [0.3, 0.4) is 0 Å². The van der Waals surface area contributed by atoms with Crippen LogP contribution in [0.15, 0.2) is 18.5 Å². The summed E-state index contributed by atoms with van der Waals surface area (Å²) < 4.78 is 0. The predicted octanol–water partition coefficient (Wildman–Crippen LogP) is 0.831. The van der Waals surface area contributed by atoms with Gasteiger partial charge in [0.2, 0.25) is 0 Å². The van der Waals surface area contributed by atoms with Crippen molar-refractivity contribution in [3.05, 3.63) is 24.0 Å². The number of nitrogens with one attached hydrogen (secondary N) is 3. The van der Waals surface area contributed by atoms with Gasteiger partial charge in [0.25, 0.3) is 0 Å². The van der Waals surface area contributed by atoms with E-state index in [1.54, 1.807) is 0 Å². The van der Waals surface area contributed by atoms with E-state index in [4.69, 9.17) is 0 Å². The van der Waals surface area contributed by atoms with Crippen molar-refractivity contribution < 1.29 is 0 Å². The monoisotopic (exact) mass is 250 g/mol. The van der Waals surface area contributed by atoms with Crippen molar-refractivity contribution in [2.75, 3.05) is 39.3 Å². The third-order valence-electron chi connectivity index (χ3n) is 3.77. The highest BCUT2D eigenvalue weighted by Gasteiger charge is 2.15. The Labute approximate surface area is 110 Å². The summed E-state index contributed by atoms with van der Waals surface area (Å²) in [6.45, 7) is 9.23. The average Bonchev–Trinajstić information content (AvgIpc) is 2.92. The fraction of sp³-hybridized carbons (Fsp3) is 0.714. The van der Waals surface area contributed by atoms with Gasteiger partial charge in [0.1, 0.15) is 0 Å². The van der Waals surface area contributed by atoms with Gasteiger partial charge in [-0.1, -0.05) is 0 Å². The highest BCUT2D eigenvalue weighted by Crippen LogP contribution is 2.04. The minimum absolute atomic E-state index is 0.701. The zero-order valence-corrected chi connectivity index (χ0v) is 11.4. The molecule has 4 nitrogen and oxygen atoms in total. The summed E-state index contributed by atoms with van der Waals surface area (Å²) >= 11 is 0. The number of aromatic amines is 1. The summed E-state index contributed by atoms with van der Waals surface area (Å²) in [6, 6.07) is 2.84. The maximum Gasteiger partial charge on any atom is 0.0110 e. The van der Waals surface area contributed by atoms with Crippen molar-refractivity contribution in [1.82, 2.24) is 20.5 Å². The SMILES string of the molecule is CC(CCNCCc1cc[nH]c1)N1CCNCC1. The van der Waals surface area contributed by atoms with Gasteiger partial charge in [-0.05, 0) is 44.5 Å².